The van der Waals surface area contributed by atoms with Crippen LogP contribution in [0.4, 0.5) is 0 Å². The molecular weight excluding hydrogens is 310 g/mol. The number of hydrogen-bond acceptors (Lipinski definition) is 3. The maximum absolute atomic E-state index is 10.2. The van der Waals surface area contributed by atoms with E-state index in [1.165, 1.54) is 5.57 Å². The Balaban J connectivity index is 1.91. The lowest BCUT2D eigenvalue weighted by molar-refractivity contribution is 0.125. The molecule has 0 saturated carbocycles. The van der Waals surface area contributed by atoms with Crippen LogP contribution in [0.2, 0.25) is 0 Å². The van der Waals surface area contributed by atoms with Gasteiger partial charge in [-0.25, -0.2) is 0 Å². The topological polar surface area (TPSA) is 55.5 Å². The maximum atomic E-state index is 10.2. The fourth-order valence-electron chi connectivity index (χ4n) is 3.31. The summed E-state index contributed by atoms with van der Waals surface area (Å²) in [6.07, 6.45) is 19.0. The Morgan fingerprint density at radius 2 is 1.80 bits per heavy atom. The third-order valence-corrected chi connectivity index (χ3v) is 4.96. The zero-order chi connectivity index (χ0) is 18.2. The Hall–Kier alpha value is -1.84. The van der Waals surface area contributed by atoms with Gasteiger partial charge in [-0.15, -0.1) is 0 Å². The van der Waals surface area contributed by atoms with Gasteiger partial charge in [-0.3, -0.25) is 0 Å². The number of aliphatic hydroxyl groups is 1. The minimum absolute atomic E-state index is 0.0264. The van der Waals surface area contributed by atoms with Gasteiger partial charge in [0.2, 0.25) is 0 Å². The molecule has 1 heterocycles. The second-order valence-electron chi connectivity index (χ2n) is 8.20. The van der Waals surface area contributed by atoms with Gasteiger partial charge < -0.3 is 15.6 Å². The highest BCUT2D eigenvalue weighted by Gasteiger charge is 2.30. The van der Waals surface area contributed by atoms with Gasteiger partial charge in [-0.05, 0) is 36.6 Å². The Morgan fingerprint density at radius 1 is 1.08 bits per heavy atom. The average molecular weight is 339 g/mol. The Kier molecular flexibility index (Phi) is 4.65. The highest BCUT2D eigenvalue weighted by atomic mass is 16.5. The lowest BCUT2D eigenvalue weighted by atomic mass is 9.85. The van der Waals surface area contributed by atoms with E-state index in [0.29, 0.717) is 5.92 Å². The van der Waals surface area contributed by atoms with Gasteiger partial charge in [0, 0.05) is 23.5 Å². The third-order valence-electron chi connectivity index (χ3n) is 4.96. The quantitative estimate of drug-likeness (QED) is 0.711. The van der Waals surface area contributed by atoms with E-state index in [1.54, 1.807) is 19.1 Å². The molecule has 3 aliphatic rings. The Bertz CT molecular complexity index is 716. The molecule has 134 valence electrons. The van der Waals surface area contributed by atoms with E-state index >= 15 is 0 Å². The highest BCUT2D eigenvalue weighted by Crippen LogP contribution is 2.34. The van der Waals surface area contributed by atoms with Gasteiger partial charge in [-0.2, -0.15) is 0 Å². The van der Waals surface area contributed by atoms with Crippen molar-refractivity contribution in [3.05, 3.63) is 71.6 Å². The van der Waals surface area contributed by atoms with Crippen LogP contribution in [0, 0.1) is 11.3 Å². The molecule has 0 aromatic heterocycles. The molecule has 3 nitrogen and oxygen atoms in total. The van der Waals surface area contributed by atoms with Crippen LogP contribution in [-0.2, 0) is 4.74 Å². The van der Waals surface area contributed by atoms with Gasteiger partial charge in [0.1, 0.15) is 11.9 Å². The molecule has 0 spiro atoms. The van der Waals surface area contributed by atoms with Crippen LogP contribution in [0.3, 0.4) is 0 Å². The molecule has 0 fully saturated rings. The Labute approximate surface area is 150 Å². The van der Waals surface area contributed by atoms with Crippen LogP contribution >= 0.6 is 0 Å². The molecule has 4 atom stereocenters. The zero-order valence-corrected chi connectivity index (χ0v) is 15.6. The van der Waals surface area contributed by atoms with Crippen molar-refractivity contribution < 1.29 is 9.84 Å². The first-order chi connectivity index (χ1) is 11.7. The molecule has 0 amide bonds. The standard InChI is InChI=1S/C22H29NO2/c1-15-5-9-21(2,3)10-6-16(13-15)20-14-18(23)17-7-11-22(4,24)12-8-19(17)25-20/h5-13,15,18,20,24H,14,23H2,1-4H3/b9-5-,10-6-,16-13+. The second kappa shape index (κ2) is 6.47. The molecule has 0 saturated heterocycles. The largest absolute Gasteiger partial charge is 0.485 e. The van der Waals surface area contributed by atoms with Crippen LogP contribution in [0.15, 0.2) is 71.6 Å². The normalized spacial score (nSPS) is 41.5. The Morgan fingerprint density at radius 3 is 2.56 bits per heavy atom. The van der Waals surface area contributed by atoms with Crippen molar-refractivity contribution in [2.45, 2.75) is 51.9 Å². The lowest BCUT2D eigenvalue weighted by Gasteiger charge is -2.32. The molecule has 2 aliphatic carbocycles. The molecule has 3 heteroatoms. The molecule has 0 aromatic rings. The molecule has 0 aromatic carbocycles. The highest BCUT2D eigenvalue weighted by molar-refractivity contribution is 5.42. The van der Waals surface area contributed by atoms with Crippen molar-refractivity contribution in [3.63, 3.8) is 0 Å². The first-order valence-electron chi connectivity index (χ1n) is 9.03. The molecular formula is C22H29NO2. The van der Waals surface area contributed by atoms with Gasteiger partial charge in [-0.1, -0.05) is 57.2 Å². The second-order valence-corrected chi connectivity index (χ2v) is 8.20. The first-order valence-corrected chi connectivity index (χ1v) is 9.03. The van der Waals surface area contributed by atoms with Crippen molar-refractivity contribution in [1.29, 1.82) is 0 Å². The van der Waals surface area contributed by atoms with Gasteiger partial charge in [0.25, 0.3) is 0 Å². The van der Waals surface area contributed by atoms with Crippen LogP contribution in [0.1, 0.15) is 34.1 Å². The van der Waals surface area contributed by atoms with E-state index in [1.807, 2.05) is 12.2 Å². The molecule has 0 bridgehead atoms. The van der Waals surface area contributed by atoms with Crippen molar-refractivity contribution in [3.8, 4) is 0 Å². The fourth-order valence-corrected chi connectivity index (χ4v) is 3.31. The van der Waals surface area contributed by atoms with Crippen LogP contribution in [0.25, 0.3) is 0 Å². The van der Waals surface area contributed by atoms with E-state index in [9.17, 15) is 5.11 Å². The summed E-state index contributed by atoms with van der Waals surface area (Å²) in [6, 6.07) is -0.109. The predicted molar refractivity (Wildman–Crippen MR) is 103 cm³/mol. The number of nitrogens with two attached hydrogens (primary N) is 1. The monoisotopic (exact) mass is 339 g/mol. The summed E-state index contributed by atoms with van der Waals surface area (Å²) < 4.78 is 6.29. The molecule has 0 radical (unpaired) electrons. The van der Waals surface area contributed by atoms with E-state index < -0.39 is 5.60 Å². The summed E-state index contributed by atoms with van der Waals surface area (Å²) in [5.74, 6) is 1.11. The first kappa shape index (κ1) is 18.0. The fraction of sp³-hybridized carbons (Fsp3) is 0.455. The molecule has 3 rings (SSSR count). The minimum atomic E-state index is -0.974. The van der Waals surface area contributed by atoms with Gasteiger partial charge in [0.15, 0.2) is 0 Å². The van der Waals surface area contributed by atoms with Crippen LogP contribution in [0.5, 0.6) is 0 Å². The molecule has 4 unspecified atom stereocenters. The van der Waals surface area contributed by atoms with Gasteiger partial charge >= 0.3 is 0 Å². The predicted octanol–water partition coefficient (Wildman–Crippen LogP) is 3.95. The minimum Gasteiger partial charge on any atom is -0.485 e. The van der Waals surface area contributed by atoms with E-state index in [4.69, 9.17) is 10.5 Å². The average Bonchev–Trinajstić information content (AvgIpc) is 2.67. The molecule has 1 aliphatic heterocycles. The SMILES string of the molecule is CC1/C=C\C(C)(C)/C=C\C(C2CC(N)C3=C(C=CC(C)(O)C=C3)O2)=C/1. The summed E-state index contributed by atoms with van der Waals surface area (Å²) in [7, 11) is 0. The molecule has 3 N–H and O–H groups in total. The summed E-state index contributed by atoms with van der Waals surface area (Å²) in [6.45, 7) is 8.33. The van der Waals surface area contributed by atoms with E-state index in [2.05, 4.69) is 51.2 Å². The van der Waals surface area contributed by atoms with Gasteiger partial charge in [0.05, 0.1) is 5.60 Å². The van der Waals surface area contributed by atoms with E-state index in [0.717, 1.165) is 17.8 Å². The molecule has 25 heavy (non-hydrogen) atoms. The van der Waals surface area contributed by atoms with Crippen molar-refractivity contribution in [2.75, 3.05) is 0 Å². The van der Waals surface area contributed by atoms with E-state index in [-0.39, 0.29) is 17.6 Å². The smallest absolute Gasteiger partial charge is 0.125 e. The third kappa shape index (κ3) is 4.23. The summed E-state index contributed by atoms with van der Waals surface area (Å²) >= 11 is 0. The summed E-state index contributed by atoms with van der Waals surface area (Å²) in [5, 5.41) is 10.2. The van der Waals surface area contributed by atoms with Crippen molar-refractivity contribution >= 4 is 0 Å². The van der Waals surface area contributed by atoms with Crippen molar-refractivity contribution in [2.24, 2.45) is 17.1 Å². The van der Waals surface area contributed by atoms with Crippen LogP contribution < -0.4 is 5.73 Å². The maximum Gasteiger partial charge on any atom is 0.125 e. The van der Waals surface area contributed by atoms with Crippen LogP contribution in [-0.4, -0.2) is 22.9 Å². The summed E-state index contributed by atoms with van der Waals surface area (Å²) in [5.41, 5.74) is 7.60. The number of allylic oxidation sites excluding steroid dienone is 5. The van der Waals surface area contributed by atoms with Crippen molar-refractivity contribution in [1.82, 2.24) is 0 Å². The lowest BCUT2D eigenvalue weighted by Crippen LogP contribution is -2.35. The number of hydrogen-bond donors (Lipinski definition) is 2. The zero-order valence-electron chi connectivity index (χ0n) is 15.6. The number of ether oxygens (including phenoxy) is 1. The summed E-state index contributed by atoms with van der Waals surface area (Å²) in [4.78, 5) is 0. The number of rotatable bonds is 1.